The van der Waals surface area contributed by atoms with Crippen LogP contribution in [0.1, 0.15) is 56.0 Å². The summed E-state index contributed by atoms with van der Waals surface area (Å²) in [5.41, 5.74) is 0.181. The summed E-state index contributed by atoms with van der Waals surface area (Å²) in [6.45, 7) is 3.29. The number of sulfonamides is 1. The summed E-state index contributed by atoms with van der Waals surface area (Å²) < 4.78 is 31.3. The molecule has 2 N–H and O–H groups in total. The van der Waals surface area contributed by atoms with Crippen LogP contribution in [0.2, 0.25) is 0 Å². The molecule has 2 fully saturated rings. The van der Waals surface area contributed by atoms with E-state index in [0.29, 0.717) is 19.4 Å². The number of carbonyl (C=O) groups excluding carboxylic acids is 1. The third-order valence-electron chi connectivity index (χ3n) is 5.71. The summed E-state index contributed by atoms with van der Waals surface area (Å²) in [6.07, 6.45) is 5.55. The quantitative estimate of drug-likeness (QED) is 0.758. The summed E-state index contributed by atoms with van der Waals surface area (Å²) in [6, 6.07) is 2.28. The molecule has 9 heteroatoms. The van der Waals surface area contributed by atoms with Gasteiger partial charge in [0.2, 0.25) is 16.8 Å². The monoisotopic (exact) mass is 398 g/mol. The van der Waals surface area contributed by atoms with Gasteiger partial charge in [-0.2, -0.15) is 4.31 Å². The zero-order valence-corrected chi connectivity index (χ0v) is 16.3. The van der Waals surface area contributed by atoms with Gasteiger partial charge in [0.05, 0.1) is 0 Å². The molecule has 1 aliphatic heterocycles. The molecule has 0 unspecified atom stereocenters. The number of carboxylic acid groups (broad SMARTS) is 1. The van der Waals surface area contributed by atoms with Crippen LogP contribution in [0.15, 0.2) is 21.6 Å². The van der Waals surface area contributed by atoms with Gasteiger partial charge in [0.15, 0.2) is 0 Å². The number of nitrogens with zero attached hydrogens (tertiary/aromatic N) is 1. The van der Waals surface area contributed by atoms with E-state index in [1.165, 1.54) is 17.1 Å². The zero-order chi connectivity index (χ0) is 19.7. The number of rotatable bonds is 6. The summed E-state index contributed by atoms with van der Waals surface area (Å²) in [5, 5.41) is 11.5. The van der Waals surface area contributed by atoms with Crippen molar-refractivity contribution in [3.05, 3.63) is 17.9 Å². The van der Waals surface area contributed by atoms with E-state index < -0.39 is 21.8 Å². The molecule has 2 aliphatic rings. The van der Waals surface area contributed by atoms with Gasteiger partial charge in [-0.3, -0.25) is 4.79 Å². The summed E-state index contributed by atoms with van der Waals surface area (Å²) >= 11 is 0. The van der Waals surface area contributed by atoms with E-state index in [2.05, 4.69) is 12.2 Å². The summed E-state index contributed by atoms with van der Waals surface area (Å²) in [4.78, 5) is 23.3. The van der Waals surface area contributed by atoms with Crippen LogP contribution in [0, 0.1) is 11.3 Å². The molecule has 0 bridgehead atoms. The van der Waals surface area contributed by atoms with Gasteiger partial charge in [0.1, 0.15) is 0 Å². The van der Waals surface area contributed by atoms with Gasteiger partial charge >= 0.3 is 5.97 Å². The van der Waals surface area contributed by atoms with Crippen molar-refractivity contribution >= 4 is 21.9 Å². The Kier molecular flexibility index (Phi) is 5.62. The minimum Gasteiger partial charge on any atom is -0.475 e. The van der Waals surface area contributed by atoms with Crippen molar-refractivity contribution in [2.45, 2.75) is 50.5 Å². The van der Waals surface area contributed by atoms with Crippen LogP contribution >= 0.6 is 0 Å². The van der Waals surface area contributed by atoms with Gasteiger partial charge in [0.25, 0.3) is 10.0 Å². The molecule has 0 atom stereocenters. The third-order valence-corrected chi connectivity index (χ3v) is 7.48. The van der Waals surface area contributed by atoms with E-state index in [0.717, 1.165) is 25.0 Å². The number of aromatic carboxylic acids is 1. The highest BCUT2D eigenvalue weighted by atomic mass is 32.2. The van der Waals surface area contributed by atoms with Crippen molar-refractivity contribution in [1.29, 1.82) is 0 Å². The lowest BCUT2D eigenvalue weighted by atomic mass is 9.88. The zero-order valence-electron chi connectivity index (χ0n) is 15.4. The maximum absolute atomic E-state index is 12.6. The average molecular weight is 398 g/mol. The highest BCUT2D eigenvalue weighted by Crippen LogP contribution is 2.36. The fraction of sp³-hybridized carbons (Fsp3) is 0.667. The van der Waals surface area contributed by atoms with Crippen LogP contribution < -0.4 is 5.32 Å². The molecule has 1 saturated heterocycles. The SMILES string of the molecule is CC1(CNC(=O)C2CCN(S(=O)(=O)c3ccc(C(=O)O)o3)CC2)CCCC1. The second kappa shape index (κ2) is 7.63. The van der Waals surface area contributed by atoms with Crippen molar-refractivity contribution in [2.24, 2.45) is 11.3 Å². The second-order valence-corrected chi connectivity index (χ2v) is 9.71. The Labute approximate surface area is 159 Å². The van der Waals surface area contributed by atoms with Crippen molar-refractivity contribution in [2.75, 3.05) is 19.6 Å². The van der Waals surface area contributed by atoms with Gasteiger partial charge in [-0.05, 0) is 43.2 Å². The number of amides is 1. The molecule has 1 saturated carbocycles. The van der Waals surface area contributed by atoms with Crippen LogP contribution in [0.5, 0.6) is 0 Å². The Hall–Kier alpha value is -1.87. The van der Waals surface area contributed by atoms with Crippen LogP contribution in [0.25, 0.3) is 0 Å². The standard InChI is InChI=1S/C18H26N2O6S/c1-18(8-2-3-9-18)12-19-16(21)13-6-10-20(11-7-13)27(24,25)15-5-4-14(26-15)17(22)23/h4-5,13H,2-3,6-12H2,1H3,(H,19,21)(H,22,23). The molecule has 150 valence electrons. The summed E-state index contributed by atoms with van der Waals surface area (Å²) in [7, 11) is -3.89. The van der Waals surface area contributed by atoms with E-state index >= 15 is 0 Å². The maximum Gasteiger partial charge on any atom is 0.371 e. The minimum absolute atomic E-state index is 0.00802. The number of carboxylic acids is 1. The Morgan fingerprint density at radius 1 is 1.26 bits per heavy atom. The average Bonchev–Trinajstić information content (AvgIpc) is 3.30. The fourth-order valence-corrected chi connectivity index (χ4v) is 5.29. The molecule has 1 aromatic heterocycles. The van der Waals surface area contributed by atoms with E-state index in [4.69, 9.17) is 9.52 Å². The van der Waals surface area contributed by atoms with Crippen molar-refractivity contribution in [1.82, 2.24) is 9.62 Å². The first-order valence-electron chi connectivity index (χ1n) is 9.32. The van der Waals surface area contributed by atoms with E-state index in [1.807, 2.05) is 0 Å². The van der Waals surface area contributed by atoms with E-state index in [-0.39, 0.29) is 35.4 Å². The van der Waals surface area contributed by atoms with Gasteiger partial charge in [0, 0.05) is 25.6 Å². The molecular weight excluding hydrogens is 372 g/mol. The van der Waals surface area contributed by atoms with Crippen LogP contribution in [0.4, 0.5) is 0 Å². The number of nitrogens with one attached hydrogen (secondary N) is 1. The lowest BCUT2D eigenvalue weighted by molar-refractivity contribution is -0.126. The van der Waals surface area contributed by atoms with Gasteiger partial charge in [-0.25, -0.2) is 13.2 Å². The van der Waals surface area contributed by atoms with E-state index in [9.17, 15) is 18.0 Å². The third kappa shape index (κ3) is 4.35. The highest BCUT2D eigenvalue weighted by molar-refractivity contribution is 7.89. The smallest absolute Gasteiger partial charge is 0.371 e. The normalized spacial score (nSPS) is 21.2. The minimum atomic E-state index is -3.89. The molecule has 1 aliphatic carbocycles. The molecule has 1 amide bonds. The Morgan fingerprint density at radius 2 is 1.89 bits per heavy atom. The van der Waals surface area contributed by atoms with Crippen molar-refractivity contribution in [3.63, 3.8) is 0 Å². The van der Waals surface area contributed by atoms with Crippen LogP contribution in [0.3, 0.4) is 0 Å². The Bertz CT molecular complexity index is 802. The fourth-order valence-electron chi connectivity index (χ4n) is 3.91. The molecule has 27 heavy (non-hydrogen) atoms. The summed E-state index contributed by atoms with van der Waals surface area (Å²) in [5.74, 6) is -1.94. The Balaban J connectivity index is 1.54. The number of carbonyl (C=O) groups is 2. The molecule has 0 radical (unpaired) electrons. The molecular formula is C18H26N2O6S. The Morgan fingerprint density at radius 3 is 2.44 bits per heavy atom. The van der Waals surface area contributed by atoms with Crippen LogP contribution in [-0.4, -0.2) is 49.3 Å². The molecule has 0 aromatic carbocycles. The van der Waals surface area contributed by atoms with Gasteiger partial charge in [-0.15, -0.1) is 0 Å². The number of hydrogen-bond acceptors (Lipinski definition) is 5. The number of piperidine rings is 1. The first-order valence-corrected chi connectivity index (χ1v) is 10.8. The molecule has 3 rings (SSSR count). The predicted molar refractivity (Wildman–Crippen MR) is 96.7 cm³/mol. The predicted octanol–water partition coefficient (Wildman–Crippen LogP) is 2.07. The molecule has 8 nitrogen and oxygen atoms in total. The highest BCUT2D eigenvalue weighted by Gasteiger charge is 2.35. The lowest BCUT2D eigenvalue weighted by Gasteiger charge is -2.31. The van der Waals surface area contributed by atoms with Gasteiger partial charge < -0.3 is 14.8 Å². The number of furan rings is 1. The lowest BCUT2D eigenvalue weighted by Crippen LogP contribution is -2.44. The van der Waals surface area contributed by atoms with Crippen LogP contribution in [-0.2, 0) is 14.8 Å². The van der Waals surface area contributed by atoms with E-state index in [1.54, 1.807) is 0 Å². The maximum atomic E-state index is 12.6. The molecule has 1 aromatic rings. The van der Waals surface area contributed by atoms with Crippen molar-refractivity contribution in [3.8, 4) is 0 Å². The number of hydrogen-bond donors (Lipinski definition) is 2. The van der Waals surface area contributed by atoms with Gasteiger partial charge in [-0.1, -0.05) is 19.8 Å². The van der Waals surface area contributed by atoms with Crippen molar-refractivity contribution < 1.29 is 27.5 Å². The molecule has 0 spiro atoms. The second-order valence-electron chi connectivity index (χ2n) is 7.84. The first kappa shape index (κ1) is 19.9. The topological polar surface area (TPSA) is 117 Å². The molecule has 2 heterocycles. The first-order chi connectivity index (χ1) is 12.7. The largest absolute Gasteiger partial charge is 0.475 e.